The molecule has 0 spiro atoms. The fourth-order valence-corrected chi connectivity index (χ4v) is 4.32. The maximum absolute atomic E-state index is 6.03. The highest BCUT2D eigenvalue weighted by Gasteiger charge is 2.24. The molecular formula is C20H27N7O. The molecule has 0 unspecified atom stereocenters. The molecule has 1 N–H and O–H groups in total. The van der Waals surface area contributed by atoms with Gasteiger partial charge in [-0.25, -0.2) is 9.67 Å². The maximum atomic E-state index is 6.03. The van der Waals surface area contributed by atoms with Gasteiger partial charge in [-0.2, -0.15) is 5.10 Å². The first-order chi connectivity index (χ1) is 13.8. The Hall–Kier alpha value is -2.48. The van der Waals surface area contributed by atoms with Gasteiger partial charge in [-0.05, 0) is 50.9 Å². The van der Waals surface area contributed by atoms with Crippen LogP contribution in [0.25, 0.3) is 22.6 Å². The average Bonchev–Trinajstić information content (AvgIpc) is 3.24. The van der Waals surface area contributed by atoms with Crippen molar-refractivity contribution in [2.24, 2.45) is 7.05 Å². The third-order valence-corrected chi connectivity index (χ3v) is 5.93. The molecule has 2 aliphatic rings. The number of fused-ring (bicyclic) bond motifs is 1. The third-order valence-electron chi connectivity index (χ3n) is 5.93. The number of nitrogens with zero attached hydrogens (tertiary/aromatic N) is 6. The van der Waals surface area contributed by atoms with Crippen molar-refractivity contribution in [3.8, 4) is 11.6 Å². The molecule has 2 saturated heterocycles. The van der Waals surface area contributed by atoms with Crippen molar-refractivity contribution >= 4 is 16.9 Å². The smallest absolute Gasteiger partial charge is 0.268 e. The zero-order valence-electron chi connectivity index (χ0n) is 16.4. The van der Waals surface area contributed by atoms with Crippen molar-refractivity contribution in [1.82, 2.24) is 30.3 Å². The van der Waals surface area contributed by atoms with Gasteiger partial charge in [-0.1, -0.05) is 12.8 Å². The van der Waals surface area contributed by atoms with E-state index in [-0.39, 0.29) is 0 Å². The van der Waals surface area contributed by atoms with Crippen molar-refractivity contribution < 1.29 is 4.42 Å². The lowest BCUT2D eigenvalue weighted by Gasteiger charge is -2.21. The van der Waals surface area contributed by atoms with Crippen LogP contribution in [0.4, 0.5) is 5.82 Å². The Morgan fingerprint density at radius 3 is 2.61 bits per heavy atom. The van der Waals surface area contributed by atoms with Crippen LogP contribution < -0.4 is 10.2 Å². The fraction of sp³-hybridized carbons (Fsp3) is 0.600. The molecule has 2 fully saturated rings. The normalized spacial score (nSPS) is 19.2. The molecule has 0 aromatic carbocycles. The van der Waals surface area contributed by atoms with Gasteiger partial charge in [0, 0.05) is 26.1 Å². The highest BCUT2D eigenvalue weighted by Crippen LogP contribution is 2.31. The highest BCUT2D eigenvalue weighted by molar-refractivity contribution is 5.89. The third kappa shape index (κ3) is 3.26. The Balaban J connectivity index is 1.46. The van der Waals surface area contributed by atoms with Gasteiger partial charge in [-0.15, -0.1) is 10.2 Å². The topological polar surface area (TPSA) is 84.9 Å². The number of anilines is 1. The molecule has 0 bridgehead atoms. The number of rotatable bonds is 3. The molecule has 3 aromatic rings. The molecule has 5 rings (SSSR count). The van der Waals surface area contributed by atoms with Crippen LogP contribution in [-0.2, 0) is 7.05 Å². The summed E-state index contributed by atoms with van der Waals surface area (Å²) in [4.78, 5) is 7.30. The molecule has 28 heavy (non-hydrogen) atoms. The minimum Gasteiger partial charge on any atom is -0.419 e. The Morgan fingerprint density at radius 1 is 1.04 bits per heavy atom. The van der Waals surface area contributed by atoms with Gasteiger partial charge >= 0.3 is 0 Å². The van der Waals surface area contributed by atoms with Crippen LogP contribution in [0.1, 0.15) is 50.3 Å². The molecule has 0 atom stereocenters. The van der Waals surface area contributed by atoms with E-state index < -0.39 is 0 Å². The summed E-state index contributed by atoms with van der Waals surface area (Å²) in [6.45, 7) is 4.15. The van der Waals surface area contributed by atoms with E-state index in [4.69, 9.17) is 9.40 Å². The van der Waals surface area contributed by atoms with Crippen LogP contribution >= 0.6 is 0 Å². The van der Waals surface area contributed by atoms with Gasteiger partial charge in [0.2, 0.25) is 5.89 Å². The first kappa shape index (κ1) is 17.6. The lowest BCUT2D eigenvalue weighted by Crippen LogP contribution is -2.26. The summed E-state index contributed by atoms with van der Waals surface area (Å²) in [7, 11) is 1.93. The number of nitrogens with one attached hydrogen (secondary N) is 1. The number of aromatic nitrogens is 5. The van der Waals surface area contributed by atoms with Crippen molar-refractivity contribution in [2.75, 3.05) is 31.1 Å². The lowest BCUT2D eigenvalue weighted by molar-refractivity contribution is 0.378. The second-order valence-electron chi connectivity index (χ2n) is 7.88. The van der Waals surface area contributed by atoms with Crippen LogP contribution in [0, 0.1) is 0 Å². The van der Waals surface area contributed by atoms with E-state index in [2.05, 4.69) is 37.6 Å². The molecule has 0 aliphatic carbocycles. The van der Waals surface area contributed by atoms with Crippen LogP contribution in [0.15, 0.2) is 16.5 Å². The lowest BCUT2D eigenvalue weighted by atomic mass is 9.98. The quantitative estimate of drug-likeness (QED) is 0.747. The molecule has 5 heterocycles. The van der Waals surface area contributed by atoms with E-state index in [1.54, 1.807) is 0 Å². The van der Waals surface area contributed by atoms with Crippen molar-refractivity contribution in [1.29, 1.82) is 0 Å². The summed E-state index contributed by atoms with van der Waals surface area (Å²) in [6.07, 6.45) is 7.16. The van der Waals surface area contributed by atoms with Crippen LogP contribution in [-0.4, -0.2) is 51.1 Å². The van der Waals surface area contributed by atoms with E-state index in [1.807, 2.05) is 11.7 Å². The van der Waals surface area contributed by atoms with Gasteiger partial charge in [0.25, 0.3) is 5.89 Å². The van der Waals surface area contributed by atoms with Crippen LogP contribution in [0.2, 0.25) is 0 Å². The van der Waals surface area contributed by atoms with Gasteiger partial charge in [-0.3, -0.25) is 0 Å². The van der Waals surface area contributed by atoms with Crippen molar-refractivity contribution in [3.63, 3.8) is 0 Å². The molecule has 8 heteroatoms. The molecule has 0 radical (unpaired) electrons. The first-order valence-electron chi connectivity index (χ1n) is 10.4. The zero-order valence-corrected chi connectivity index (χ0v) is 16.4. The van der Waals surface area contributed by atoms with Crippen molar-refractivity contribution in [2.45, 2.75) is 44.4 Å². The van der Waals surface area contributed by atoms with E-state index in [0.29, 0.717) is 11.8 Å². The largest absolute Gasteiger partial charge is 0.419 e. The second kappa shape index (κ2) is 7.50. The van der Waals surface area contributed by atoms with Crippen molar-refractivity contribution in [3.05, 3.63) is 18.0 Å². The first-order valence-corrected chi connectivity index (χ1v) is 10.4. The van der Waals surface area contributed by atoms with E-state index >= 15 is 0 Å². The summed E-state index contributed by atoms with van der Waals surface area (Å²) >= 11 is 0. The number of hydrogen-bond acceptors (Lipinski definition) is 7. The molecule has 0 amide bonds. The number of piperidine rings is 1. The zero-order chi connectivity index (χ0) is 18.9. The summed E-state index contributed by atoms with van der Waals surface area (Å²) in [5.74, 6) is 2.59. The van der Waals surface area contributed by atoms with Crippen LogP contribution in [0.3, 0.4) is 0 Å². The van der Waals surface area contributed by atoms with Gasteiger partial charge in [0.05, 0.1) is 5.39 Å². The molecule has 148 valence electrons. The van der Waals surface area contributed by atoms with E-state index in [0.717, 1.165) is 67.5 Å². The average molecular weight is 381 g/mol. The maximum Gasteiger partial charge on any atom is 0.268 e. The number of hydrogen-bond donors (Lipinski definition) is 1. The van der Waals surface area contributed by atoms with E-state index in [1.165, 1.54) is 25.7 Å². The van der Waals surface area contributed by atoms with Crippen LogP contribution in [0.5, 0.6) is 0 Å². The molecular weight excluding hydrogens is 354 g/mol. The molecule has 2 aliphatic heterocycles. The summed E-state index contributed by atoms with van der Waals surface area (Å²) in [5, 5.41) is 17.6. The number of pyridine rings is 1. The van der Waals surface area contributed by atoms with Gasteiger partial charge in [0.1, 0.15) is 5.82 Å². The SMILES string of the molecule is Cn1nc(-c2nnc(C3CCNCC3)o2)c2ccc(N3CCCCCC3)nc21. The summed E-state index contributed by atoms with van der Waals surface area (Å²) in [5.41, 5.74) is 1.58. The minimum absolute atomic E-state index is 0.338. The molecule has 3 aromatic heterocycles. The summed E-state index contributed by atoms with van der Waals surface area (Å²) < 4.78 is 7.85. The Bertz CT molecular complexity index is 949. The Morgan fingerprint density at radius 2 is 1.82 bits per heavy atom. The number of aryl methyl sites for hydroxylation is 1. The van der Waals surface area contributed by atoms with E-state index in [9.17, 15) is 0 Å². The Kier molecular flexibility index (Phi) is 4.72. The van der Waals surface area contributed by atoms with Gasteiger partial charge < -0.3 is 14.6 Å². The monoisotopic (exact) mass is 381 g/mol. The predicted molar refractivity (Wildman–Crippen MR) is 107 cm³/mol. The summed E-state index contributed by atoms with van der Waals surface area (Å²) in [6, 6.07) is 4.20. The molecule has 0 saturated carbocycles. The Labute approximate surface area is 164 Å². The minimum atomic E-state index is 0.338. The standard InChI is InChI=1S/C20H27N7O/c1-26-18-15(6-7-16(22-18)27-12-4-2-3-5-13-27)17(25-26)20-24-23-19(28-20)14-8-10-21-11-9-14/h6-7,14,21H,2-5,8-13H2,1H3. The predicted octanol–water partition coefficient (Wildman–Crippen LogP) is 2.87. The molecule has 8 nitrogen and oxygen atoms in total. The highest BCUT2D eigenvalue weighted by atomic mass is 16.4. The fourth-order valence-electron chi connectivity index (χ4n) is 4.32. The second-order valence-corrected chi connectivity index (χ2v) is 7.88. The van der Waals surface area contributed by atoms with Gasteiger partial charge in [0.15, 0.2) is 11.3 Å².